The van der Waals surface area contributed by atoms with E-state index in [2.05, 4.69) is 17.4 Å². The Kier molecular flexibility index (Phi) is 3.52. The molecule has 0 saturated heterocycles. The first-order valence-electron chi connectivity index (χ1n) is 8.15. The van der Waals surface area contributed by atoms with Crippen LogP contribution in [0.3, 0.4) is 0 Å². The number of hydrogen-bond acceptors (Lipinski definition) is 2. The van der Waals surface area contributed by atoms with Crippen molar-refractivity contribution >= 4 is 17.3 Å². The molecular weight excluding hydrogens is 291 g/mol. The van der Waals surface area contributed by atoms with Crippen LogP contribution in [-0.4, -0.2) is 12.5 Å². The van der Waals surface area contributed by atoms with Gasteiger partial charge in [-0.2, -0.15) is 0 Å². The molecule has 0 saturated carbocycles. The van der Waals surface area contributed by atoms with Crippen molar-refractivity contribution in [3.8, 4) is 0 Å². The lowest BCUT2D eigenvalue weighted by Gasteiger charge is -2.32. The second kappa shape index (κ2) is 5.69. The smallest absolute Gasteiger partial charge is 0.246 e. The third kappa shape index (κ3) is 2.69. The summed E-state index contributed by atoms with van der Waals surface area (Å²) in [5.74, 6) is -0.242. The summed E-state index contributed by atoms with van der Waals surface area (Å²) in [5.41, 5.74) is 5.48. The quantitative estimate of drug-likeness (QED) is 0.918. The van der Waals surface area contributed by atoms with Crippen LogP contribution in [0.5, 0.6) is 0 Å². The van der Waals surface area contributed by atoms with E-state index >= 15 is 0 Å². The van der Waals surface area contributed by atoms with E-state index in [1.54, 1.807) is 11.0 Å². The highest BCUT2D eigenvalue weighted by atomic mass is 19.1. The zero-order valence-corrected chi connectivity index (χ0v) is 12.9. The summed E-state index contributed by atoms with van der Waals surface area (Å²) < 4.78 is 13.4. The van der Waals surface area contributed by atoms with Gasteiger partial charge in [0.1, 0.15) is 5.82 Å². The maximum absolute atomic E-state index is 13.4. The van der Waals surface area contributed by atoms with E-state index in [9.17, 15) is 9.18 Å². The van der Waals surface area contributed by atoms with Gasteiger partial charge in [0.15, 0.2) is 0 Å². The molecule has 0 atom stereocenters. The van der Waals surface area contributed by atoms with Crippen LogP contribution >= 0.6 is 0 Å². The molecule has 23 heavy (non-hydrogen) atoms. The van der Waals surface area contributed by atoms with Crippen molar-refractivity contribution in [2.24, 2.45) is 0 Å². The van der Waals surface area contributed by atoms with Gasteiger partial charge in [-0.25, -0.2) is 4.39 Å². The van der Waals surface area contributed by atoms with Crippen molar-refractivity contribution in [1.29, 1.82) is 0 Å². The summed E-state index contributed by atoms with van der Waals surface area (Å²) >= 11 is 0. The van der Waals surface area contributed by atoms with E-state index < -0.39 is 0 Å². The SMILES string of the molecule is O=C1CNc2cc3c(cc2N1Cc1cccc(F)c1)CCCC3. The topological polar surface area (TPSA) is 32.3 Å². The summed E-state index contributed by atoms with van der Waals surface area (Å²) in [6.45, 7) is 0.700. The molecule has 118 valence electrons. The fourth-order valence-corrected chi connectivity index (χ4v) is 3.53. The Morgan fingerprint density at radius 3 is 2.65 bits per heavy atom. The van der Waals surface area contributed by atoms with E-state index in [4.69, 9.17) is 0 Å². The maximum atomic E-state index is 13.4. The number of hydrogen-bond donors (Lipinski definition) is 1. The van der Waals surface area contributed by atoms with Gasteiger partial charge < -0.3 is 10.2 Å². The lowest BCUT2D eigenvalue weighted by Crippen LogP contribution is -2.39. The number of nitrogens with one attached hydrogen (secondary N) is 1. The molecular formula is C19H19FN2O. The molecule has 0 aromatic heterocycles. The maximum Gasteiger partial charge on any atom is 0.246 e. The molecule has 0 radical (unpaired) electrons. The van der Waals surface area contributed by atoms with Gasteiger partial charge in [-0.15, -0.1) is 0 Å². The van der Waals surface area contributed by atoms with Crippen molar-refractivity contribution in [2.45, 2.75) is 32.2 Å². The van der Waals surface area contributed by atoms with Gasteiger partial charge >= 0.3 is 0 Å². The molecule has 0 fully saturated rings. The Bertz CT molecular complexity index is 772. The highest BCUT2D eigenvalue weighted by Gasteiger charge is 2.26. The van der Waals surface area contributed by atoms with Gasteiger partial charge in [-0.05, 0) is 66.6 Å². The Balaban J connectivity index is 1.72. The number of amides is 1. The second-order valence-corrected chi connectivity index (χ2v) is 6.31. The highest BCUT2D eigenvalue weighted by Crippen LogP contribution is 2.36. The molecule has 0 bridgehead atoms. The molecule has 1 aliphatic carbocycles. The summed E-state index contributed by atoms with van der Waals surface area (Å²) in [7, 11) is 0. The van der Waals surface area contributed by atoms with Crippen molar-refractivity contribution in [2.75, 3.05) is 16.8 Å². The number of fused-ring (bicyclic) bond motifs is 2. The van der Waals surface area contributed by atoms with Crippen molar-refractivity contribution in [3.05, 3.63) is 58.9 Å². The normalized spacial score (nSPS) is 16.6. The van der Waals surface area contributed by atoms with E-state index in [0.29, 0.717) is 13.1 Å². The van der Waals surface area contributed by atoms with Gasteiger partial charge in [0.2, 0.25) is 5.91 Å². The van der Waals surface area contributed by atoms with E-state index in [-0.39, 0.29) is 11.7 Å². The Morgan fingerprint density at radius 1 is 1.09 bits per heavy atom. The standard InChI is InChI=1S/C19H19FN2O/c20-16-7-3-4-13(8-16)12-22-18-10-15-6-2-1-5-14(15)9-17(18)21-11-19(22)23/h3-4,7-10,21H,1-2,5-6,11-12H2. The molecule has 1 amide bonds. The van der Waals surface area contributed by atoms with Crippen LogP contribution in [0, 0.1) is 5.82 Å². The number of carbonyl (C=O) groups is 1. The molecule has 0 spiro atoms. The lowest BCUT2D eigenvalue weighted by molar-refractivity contribution is -0.117. The van der Waals surface area contributed by atoms with Gasteiger partial charge in [0, 0.05) is 0 Å². The highest BCUT2D eigenvalue weighted by molar-refractivity contribution is 6.02. The molecule has 3 nitrogen and oxygen atoms in total. The molecule has 2 aliphatic rings. The van der Waals surface area contributed by atoms with Crippen LogP contribution in [0.25, 0.3) is 0 Å². The molecule has 2 aromatic rings. The van der Waals surface area contributed by atoms with Gasteiger partial charge in [0.05, 0.1) is 24.5 Å². The number of carbonyl (C=O) groups excluding carboxylic acids is 1. The average molecular weight is 310 g/mol. The van der Waals surface area contributed by atoms with Crippen LogP contribution in [-0.2, 0) is 24.2 Å². The van der Waals surface area contributed by atoms with Crippen LogP contribution < -0.4 is 10.2 Å². The lowest BCUT2D eigenvalue weighted by atomic mass is 9.90. The molecule has 4 rings (SSSR count). The predicted molar refractivity (Wildman–Crippen MR) is 89.2 cm³/mol. The van der Waals surface area contributed by atoms with E-state index in [0.717, 1.165) is 29.8 Å². The average Bonchev–Trinajstić information content (AvgIpc) is 2.56. The third-order valence-corrected chi connectivity index (χ3v) is 4.71. The third-order valence-electron chi connectivity index (χ3n) is 4.71. The summed E-state index contributed by atoms with van der Waals surface area (Å²) in [6.07, 6.45) is 4.63. The largest absolute Gasteiger partial charge is 0.374 e. The number of halogens is 1. The number of aryl methyl sites for hydroxylation is 2. The Labute approximate surface area is 135 Å². The number of anilines is 2. The fourth-order valence-electron chi connectivity index (χ4n) is 3.53. The zero-order valence-electron chi connectivity index (χ0n) is 12.9. The monoisotopic (exact) mass is 310 g/mol. The number of nitrogens with zero attached hydrogens (tertiary/aromatic N) is 1. The molecule has 1 heterocycles. The first-order chi connectivity index (χ1) is 11.2. The number of benzene rings is 2. The fraction of sp³-hybridized carbons (Fsp3) is 0.316. The van der Waals surface area contributed by atoms with Crippen LogP contribution in [0.1, 0.15) is 29.5 Å². The number of rotatable bonds is 2. The van der Waals surface area contributed by atoms with Crippen molar-refractivity contribution in [1.82, 2.24) is 0 Å². The second-order valence-electron chi connectivity index (χ2n) is 6.31. The molecule has 1 N–H and O–H groups in total. The minimum absolute atomic E-state index is 0.0255. The first kappa shape index (κ1) is 14.2. The summed E-state index contributed by atoms with van der Waals surface area (Å²) in [5, 5.41) is 3.22. The van der Waals surface area contributed by atoms with Crippen LogP contribution in [0.15, 0.2) is 36.4 Å². The minimum Gasteiger partial charge on any atom is -0.374 e. The predicted octanol–water partition coefficient (Wildman–Crippen LogP) is 3.66. The van der Waals surface area contributed by atoms with E-state index in [1.165, 1.54) is 36.1 Å². The first-order valence-corrected chi connectivity index (χ1v) is 8.15. The summed E-state index contributed by atoms with van der Waals surface area (Å²) in [4.78, 5) is 14.2. The van der Waals surface area contributed by atoms with Crippen LogP contribution in [0.2, 0.25) is 0 Å². The Hall–Kier alpha value is -2.36. The summed E-state index contributed by atoms with van der Waals surface area (Å²) in [6, 6.07) is 10.8. The van der Waals surface area contributed by atoms with Crippen LogP contribution in [0.4, 0.5) is 15.8 Å². The molecule has 1 aliphatic heterocycles. The van der Waals surface area contributed by atoms with E-state index in [1.807, 2.05) is 6.07 Å². The van der Waals surface area contributed by atoms with Crippen molar-refractivity contribution < 1.29 is 9.18 Å². The Morgan fingerprint density at radius 2 is 1.87 bits per heavy atom. The minimum atomic E-state index is -0.268. The van der Waals surface area contributed by atoms with Crippen molar-refractivity contribution in [3.63, 3.8) is 0 Å². The zero-order chi connectivity index (χ0) is 15.8. The molecule has 0 unspecified atom stereocenters. The molecule has 2 aromatic carbocycles. The molecule has 4 heteroatoms. The van der Waals surface area contributed by atoms with Gasteiger partial charge in [0.25, 0.3) is 0 Å². The van der Waals surface area contributed by atoms with Gasteiger partial charge in [-0.1, -0.05) is 12.1 Å². The van der Waals surface area contributed by atoms with Gasteiger partial charge in [-0.3, -0.25) is 4.79 Å².